The van der Waals surface area contributed by atoms with Crippen molar-refractivity contribution in [3.8, 4) is 0 Å². The van der Waals surface area contributed by atoms with E-state index < -0.39 is 5.97 Å². The predicted octanol–water partition coefficient (Wildman–Crippen LogP) is 1.40. The zero-order chi connectivity index (χ0) is 15.6. The van der Waals surface area contributed by atoms with Crippen LogP contribution in [0.25, 0.3) is 0 Å². The lowest BCUT2D eigenvalue weighted by molar-refractivity contribution is 0.0688. The van der Waals surface area contributed by atoms with Gasteiger partial charge in [-0.15, -0.1) is 5.10 Å². The first-order valence-corrected chi connectivity index (χ1v) is 6.93. The van der Waals surface area contributed by atoms with E-state index in [0.717, 1.165) is 12.4 Å². The van der Waals surface area contributed by atoms with E-state index in [-0.39, 0.29) is 11.6 Å². The highest BCUT2D eigenvalue weighted by atomic mass is 16.4. The number of hydrogen-bond donors (Lipinski definition) is 1. The summed E-state index contributed by atoms with van der Waals surface area (Å²) in [5.74, 6) is 0.133. The highest BCUT2D eigenvalue weighted by Crippen LogP contribution is 2.18. The fourth-order valence-corrected chi connectivity index (χ4v) is 2.20. The van der Waals surface area contributed by atoms with Crippen LogP contribution in [0.4, 0.5) is 0 Å². The average Bonchev–Trinajstić information content (AvgIpc) is 2.96. The van der Waals surface area contributed by atoms with Crippen molar-refractivity contribution in [2.24, 2.45) is 5.92 Å². The van der Waals surface area contributed by atoms with Gasteiger partial charge >= 0.3 is 5.97 Å². The Kier molecular flexibility index (Phi) is 4.35. The molecule has 8 nitrogen and oxygen atoms in total. The molecule has 2 heterocycles. The minimum absolute atomic E-state index is 0.0000695. The summed E-state index contributed by atoms with van der Waals surface area (Å²) >= 11 is 0. The van der Waals surface area contributed by atoms with Crippen molar-refractivity contribution in [3.63, 3.8) is 0 Å². The Balaban J connectivity index is 2.32. The molecular weight excluding hydrogens is 272 g/mol. The summed E-state index contributed by atoms with van der Waals surface area (Å²) in [7, 11) is 0. The second-order valence-corrected chi connectivity index (χ2v) is 5.69. The van der Waals surface area contributed by atoms with Crippen molar-refractivity contribution < 1.29 is 9.90 Å². The van der Waals surface area contributed by atoms with E-state index >= 15 is 0 Å². The van der Waals surface area contributed by atoms with Gasteiger partial charge in [0.05, 0.1) is 5.69 Å². The van der Waals surface area contributed by atoms with Gasteiger partial charge in [0.2, 0.25) is 0 Å². The number of aromatic carboxylic acids is 1. The monoisotopic (exact) mass is 292 g/mol. The Bertz CT molecular complexity index is 628. The zero-order valence-electron chi connectivity index (χ0n) is 12.7. The first-order chi connectivity index (χ1) is 9.90. The van der Waals surface area contributed by atoms with Crippen molar-refractivity contribution >= 4 is 5.97 Å². The standard InChI is InChI=1S/C13H20N6O2/c1-8(2)5-18-10(14-7-15-18)6-19-12(9(3)4)11(13(20)21)16-17-19/h7-9H,5-6H2,1-4H3,(H,20,21). The topological polar surface area (TPSA) is 98.7 Å². The van der Waals surface area contributed by atoms with Crippen LogP contribution in [0.15, 0.2) is 6.33 Å². The number of rotatable bonds is 6. The van der Waals surface area contributed by atoms with Crippen LogP contribution in [-0.2, 0) is 13.1 Å². The number of carbonyl (C=O) groups is 1. The van der Waals surface area contributed by atoms with E-state index in [1.807, 2.05) is 18.5 Å². The Morgan fingerprint density at radius 3 is 2.57 bits per heavy atom. The number of carboxylic acids is 1. The molecule has 0 saturated heterocycles. The molecule has 2 rings (SSSR count). The number of hydrogen-bond acceptors (Lipinski definition) is 5. The van der Waals surface area contributed by atoms with Gasteiger partial charge in [-0.2, -0.15) is 5.10 Å². The molecule has 0 aromatic carbocycles. The van der Waals surface area contributed by atoms with Crippen LogP contribution in [0.3, 0.4) is 0 Å². The summed E-state index contributed by atoms with van der Waals surface area (Å²) in [6.45, 7) is 9.15. The van der Waals surface area contributed by atoms with Crippen LogP contribution in [0.1, 0.15) is 55.6 Å². The quantitative estimate of drug-likeness (QED) is 0.864. The van der Waals surface area contributed by atoms with Gasteiger partial charge in [0.15, 0.2) is 5.69 Å². The molecule has 0 amide bonds. The van der Waals surface area contributed by atoms with Gasteiger partial charge in [0.25, 0.3) is 0 Å². The number of aromatic nitrogens is 6. The molecular formula is C13H20N6O2. The molecule has 2 aromatic rings. The Hall–Kier alpha value is -2.25. The minimum atomic E-state index is -1.06. The maximum atomic E-state index is 11.2. The van der Waals surface area contributed by atoms with Gasteiger partial charge in [0, 0.05) is 6.54 Å². The Morgan fingerprint density at radius 1 is 1.29 bits per heavy atom. The molecule has 2 aromatic heterocycles. The summed E-state index contributed by atoms with van der Waals surface area (Å²) in [6, 6.07) is 0. The molecule has 0 aliphatic rings. The van der Waals surface area contributed by atoms with Gasteiger partial charge in [-0.05, 0) is 11.8 Å². The first kappa shape index (κ1) is 15.1. The van der Waals surface area contributed by atoms with Crippen LogP contribution in [0, 0.1) is 5.92 Å². The van der Waals surface area contributed by atoms with Crippen LogP contribution in [0.5, 0.6) is 0 Å². The molecule has 0 atom stereocenters. The van der Waals surface area contributed by atoms with Crippen LogP contribution in [0.2, 0.25) is 0 Å². The molecule has 1 N–H and O–H groups in total. The van der Waals surface area contributed by atoms with E-state index in [1.165, 1.54) is 6.33 Å². The maximum Gasteiger partial charge on any atom is 0.358 e. The molecule has 0 unspecified atom stereocenters. The van der Waals surface area contributed by atoms with Crippen LogP contribution < -0.4 is 0 Å². The van der Waals surface area contributed by atoms with Gasteiger partial charge in [-0.25, -0.2) is 19.1 Å². The van der Waals surface area contributed by atoms with E-state index in [9.17, 15) is 9.90 Å². The van der Waals surface area contributed by atoms with Crippen molar-refractivity contribution in [2.45, 2.75) is 46.7 Å². The van der Waals surface area contributed by atoms with E-state index in [4.69, 9.17) is 0 Å². The highest BCUT2D eigenvalue weighted by molar-refractivity contribution is 5.86. The van der Waals surface area contributed by atoms with Crippen molar-refractivity contribution in [1.82, 2.24) is 29.8 Å². The van der Waals surface area contributed by atoms with E-state index in [2.05, 4.69) is 34.2 Å². The van der Waals surface area contributed by atoms with Gasteiger partial charge in [-0.3, -0.25) is 0 Å². The SMILES string of the molecule is CC(C)Cn1ncnc1Cn1nnc(C(=O)O)c1C(C)C. The largest absolute Gasteiger partial charge is 0.476 e. The summed E-state index contributed by atoms with van der Waals surface area (Å²) in [5.41, 5.74) is 0.599. The van der Waals surface area contributed by atoms with Gasteiger partial charge < -0.3 is 5.11 Å². The lowest BCUT2D eigenvalue weighted by atomic mass is 10.1. The number of nitrogens with zero attached hydrogens (tertiary/aromatic N) is 6. The third-order valence-electron chi connectivity index (χ3n) is 3.05. The summed E-state index contributed by atoms with van der Waals surface area (Å²) in [5, 5.41) is 21.1. The normalized spacial score (nSPS) is 11.5. The average molecular weight is 292 g/mol. The summed E-state index contributed by atoms with van der Waals surface area (Å²) in [6.07, 6.45) is 1.50. The summed E-state index contributed by atoms with van der Waals surface area (Å²) < 4.78 is 3.41. The fraction of sp³-hybridized carbons (Fsp3) is 0.615. The van der Waals surface area contributed by atoms with Crippen LogP contribution in [-0.4, -0.2) is 40.8 Å². The lowest BCUT2D eigenvalue weighted by Crippen LogP contribution is -2.16. The molecule has 0 spiro atoms. The van der Waals surface area contributed by atoms with Gasteiger partial charge in [-0.1, -0.05) is 32.9 Å². The Morgan fingerprint density at radius 2 is 2.00 bits per heavy atom. The van der Waals surface area contributed by atoms with E-state index in [1.54, 1.807) is 4.68 Å². The van der Waals surface area contributed by atoms with Crippen LogP contribution >= 0.6 is 0 Å². The zero-order valence-corrected chi connectivity index (χ0v) is 12.7. The summed E-state index contributed by atoms with van der Waals surface area (Å²) in [4.78, 5) is 15.4. The van der Waals surface area contributed by atoms with Crippen molar-refractivity contribution in [1.29, 1.82) is 0 Å². The van der Waals surface area contributed by atoms with Crippen molar-refractivity contribution in [2.75, 3.05) is 0 Å². The molecule has 8 heteroatoms. The molecule has 0 aliphatic heterocycles. The van der Waals surface area contributed by atoms with E-state index in [0.29, 0.717) is 18.2 Å². The third kappa shape index (κ3) is 3.26. The second kappa shape index (κ2) is 6.02. The molecule has 21 heavy (non-hydrogen) atoms. The fourth-order valence-electron chi connectivity index (χ4n) is 2.20. The molecule has 0 saturated carbocycles. The molecule has 0 bridgehead atoms. The molecule has 0 radical (unpaired) electrons. The number of carboxylic acid groups (broad SMARTS) is 1. The predicted molar refractivity (Wildman–Crippen MR) is 75.0 cm³/mol. The highest BCUT2D eigenvalue weighted by Gasteiger charge is 2.22. The minimum Gasteiger partial charge on any atom is -0.476 e. The smallest absolute Gasteiger partial charge is 0.358 e. The first-order valence-electron chi connectivity index (χ1n) is 6.93. The Labute approximate surface area is 122 Å². The van der Waals surface area contributed by atoms with Crippen molar-refractivity contribution in [3.05, 3.63) is 23.5 Å². The third-order valence-corrected chi connectivity index (χ3v) is 3.05. The lowest BCUT2D eigenvalue weighted by Gasteiger charge is -2.11. The second-order valence-electron chi connectivity index (χ2n) is 5.69. The maximum absolute atomic E-state index is 11.2. The molecule has 0 fully saturated rings. The molecule has 0 aliphatic carbocycles. The van der Waals surface area contributed by atoms with Gasteiger partial charge in [0.1, 0.15) is 18.7 Å². The molecule has 114 valence electrons.